The third kappa shape index (κ3) is 7.33. The molecule has 1 aromatic heterocycles. The van der Waals surface area contributed by atoms with Crippen LogP contribution in [0.4, 0.5) is 0 Å². The predicted molar refractivity (Wildman–Crippen MR) is 122 cm³/mol. The molecule has 6 heteroatoms. The number of nitrogens with zero attached hydrogens (tertiary/aromatic N) is 2. The highest BCUT2D eigenvalue weighted by atomic mass is 16.5. The molecule has 0 saturated carbocycles. The topological polar surface area (TPSA) is 63.7 Å². The van der Waals surface area contributed by atoms with Crippen molar-refractivity contribution in [1.29, 1.82) is 0 Å². The van der Waals surface area contributed by atoms with Crippen molar-refractivity contribution in [3.63, 3.8) is 0 Å². The smallest absolute Gasteiger partial charge is 0.222 e. The van der Waals surface area contributed by atoms with Crippen LogP contribution in [0, 0.1) is 5.92 Å². The molecular formula is C25H35N3O3. The Labute approximate surface area is 186 Å². The monoisotopic (exact) mass is 425 g/mol. The number of ether oxygens (including phenoxy) is 2. The first-order valence-electron chi connectivity index (χ1n) is 11.2. The van der Waals surface area contributed by atoms with Gasteiger partial charge in [0.05, 0.1) is 24.4 Å². The van der Waals surface area contributed by atoms with Crippen molar-refractivity contribution in [3.05, 3.63) is 59.9 Å². The van der Waals surface area contributed by atoms with E-state index in [1.807, 2.05) is 44.2 Å². The van der Waals surface area contributed by atoms with Gasteiger partial charge in [-0.3, -0.25) is 14.7 Å². The number of likely N-dealkylation sites (tertiary alicyclic amines) is 1. The van der Waals surface area contributed by atoms with E-state index in [1.165, 1.54) is 5.56 Å². The van der Waals surface area contributed by atoms with E-state index in [-0.39, 0.29) is 18.1 Å². The minimum absolute atomic E-state index is 0.00960. The maximum absolute atomic E-state index is 12.5. The lowest BCUT2D eigenvalue weighted by atomic mass is 9.88. The number of benzene rings is 1. The van der Waals surface area contributed by atoms with E-state index in [1.54, 1.807) is 13.3 Å². The maximum Gasteiger partial charge on any atom is 0.222 e. The van der Waals surface area contributed by atoms with Gasteiger partial charge in [0.1, 0.15) is 5.75 Å². The van der Waals surface area contributed by atoms with E-state index in [0.29, 0.717) is 18.9 Å². The first-order chi connectivity index (χ1) is 15.0. The van der Waals surface area contributed by atoms with Crippen LogP contribution in [0.2, 0.25) is 0 Å². The van der Waals surface area contributed by atoms with Gasteiger partial charge in [0.15, 0.2) is 0 Å². The second-order valence-corrected chi connectivity index (χ2v) is 8.49. The fraction of sp³-hybridized carbons (Fsp3) is 0.520. The largest absolute Gasteiger partial charge is 0.491 e. The number of nitrogens with one attached hydrogen (secondary N) is 1. The molecule has 0 aliphatic carbocycles. The van der Waals surface area contributed by atoms with Gasteiger partial charge in [0.25, 0.3) is 0 Å². The zero-order chi connectivity index (χ0) is 22.1. The highest BCUT2D eigenvalue weighted by molar-refractivity contribution is 5.76. The van der Waals surface area contributed by atoms with Crippen LogP contribution >= 0.6 is 0 Å². The molecule has 1 fully saturated rings. The van der Waals surface area contributed by atoms with E-state index in [4.69, 9.17) is 9.47 Å². The van der Waals surface area contributed by atoms with Crippen molar-refractivity contribution >= 4 is 5.91 Å². The zero-order valence-corrected chi connectivity index (χ0v) is 18.9. The van der Waals surface area contributed by atoms with Crippen LogP contribution in [0.3, 0.4) is 0 Å². The minimum Gasteiger partial charge on any atom is -0.491 e. The molecule has 2 atom stereocenters. The van der Waals surface area contributed by atoms with Gasteiger partial charge in [-0.1, -0.05) is 18.2 Å². The third-order valence-electron chi connectivity index (χ3n) is 5.57. The van der Waals surface area contributed by atoms with Gasteiger partial charge >= 0.3 is 0 Å². The summed E-state index contributed by atoms with van der Waals surface area (Å²) < 4.78 is 10.8. The Bertz CT molecular complexity index is 795. The minimum atomic E-state index is -0.0878. The Hall–Kier alpha value is -2.44. The normalized spacial score (nSPS) is 18.0. The molecule has 3 rings (SSSR count). The molecule has 1 aromatic carbocycles. The summed E-state index contributed by atoms with van der Waals surface area (Å²) in [5.41, 5.74) is 2.20. The van der Waals surface area contributed by atoms with Crippen LogP contribution < -0.4 is 10.1 Å². The number of amides is 1. The molecule has 1 saturated heterocycles. The van der Waals surface area contributed by atoms with Gasteiger partial charge in [-0.05, 0) is 69.0 Å². The first-order valence-corrected chi connectivity index (χ1v) is 11.2. The summed E-state index contributed by atoms with van der Waals surface area (Å²) in [6, 6.07) is 14.2. The van der Waals surface area contributed by atoms with Crippen LogP contribution in [0.5, 0.6) is 5.75 Å². The van der Waals surface area contributed by atoms with E-state index >= 15 is 0 Å². The van der Waals surface area contributed by atoms with Crippen molar-refractivity contribution < 1.29 is 14.3 Å². The summed E-state index contributed by atoms with van der Waals surface area (Å²) in [4.78, 5) is 19.5. The van der Waals surface area contributed by atoms with Gasteiger partial charge in [-0.15, -0.1) is 0 Å². The van der Waals surface area contributed by atoms with Gasteiger partial charge in [0, 0.05) is 32.8 Å². The Morgan fingerprint density at radius 1 is 1.23 bits per heavy atom. The number of rotatable bonds is 10. The van der Waals surface area contributed by atoms with Gasteiger partial charge < -0.3 is 14.8 Å². The van der Waals surface area contributed by atoms with Crippen LogP contribution in [0.1, 0.15) is 50.4 Å². The molecule has 0 unspecified atom stereocenters. The average molecular weight is 426 g/mol. The molecule has 1 aliphatic rings. The number of pyridine rings is 1. The lowest BCUT2D eigenvalue weighted by Gasteiger charge is -2.37. The number of carbonyl (C=O) groups excluding carboxylic acids is 1. The zero-order valence-electron chi connectivity index (χ0n) is 18.9. The van der Waals surface area contributed by atoms with Crippen LogP contribution in [0.15, 0.2) is 48.7 Å². The molecule has 6 nitrogen and oxygen atoms in total. The van der Waals surface area contributed by atoms with Crippen LogP contribution in [0.25, 0.3) is 0 Å². The van der Waals surface area contributed by atoms with E-state index in [9.17, 15) is 4.79 Å². The summed E-state index contributed by atoms with van der Waals surface area (Å²) >= 11 is 0. The van der Waals surface area contributed by atoms with Gasteiger partial charge in [0.2, 0.25) is 5.91 Å². The number of hydrogen-bond acceptors (Lipinski definition) is 5. The third-order valence-corrected chi connectivity index (χ3v) is 5.57. The molecule has 1 N–H and O–H groups in total. The lowest BCUT2D eigenvalue weighted by Crippen LogP contribution is -2.43. The molecule has 2 heterocycles. The Morgan fingerprint density at radius 3 is 2.71 bits per heavy atom. The summed E-state index contributed by atoms with van der Waals surface area (Å²) in [6.07, 6.45) is 4.52. The molecule has 168 valence electrons. The Morgan fingerprint density at radius 2 is 2.03 bits per heavy atom. The number of piperidine rings is 1. The quantitative estimate of drug-likeness (QED) is 0.624. The Kier molecular flexibility index (Phi) is 8.85. The fourth-order valence-electron chi connectivity index (χ4n) is 4.14. The van der Waals surface area contributed by atoms with Crippen molar-refractivity contribution in [2.24, 2.45) is 5.92 Å². The molecule has 0 radical (unpaired) electrons. The van der Waals surface area contributed by atoms with Crippen LogP contribution in [-0.4, -0.2) is 48.7 Å². The summed E-state index contributed by atoms with van der Waals surface area (Å²) in [5.74, 6) is 1.23. The van der Waals surface area contributed by atoms with Crippen molar-refractivity contribution in [3.8, 4) is 5.75 Å². The summed E-state index contributed by atoms with van der Waals surface area (Å²) in [7, 11) is 1.62. The molecular weight excluding hydrogens is 390 g/mol. The second-order valence-electron chi connectivity index (χ2n) is 8.49. The number of carbonyl (C=O) groups is 1. The molecule has 2 aromatic rings. The van der Waals surface area contributed by atoms with Gasteiger partial charge in [-0.2, -0.15) is 0 Å². The van der Waals surface area contributed by atoms with E-state index in [0.717, 1.165) is 43.9 Å². The molecule has 0 spiro atoms. The number of aromatic nitrogens is 1. The Balaban J connectivity index is 1.66. The van der Waals surface area contributed by atoms with Crippen molar-refractivity contribution in [2.75, 3.05) is 26.8 Å². The standard InChI is InChI=1S/C25H35N3O3/c1-19(2)31-22-11-9-20(10-12-22)17-28-15-6-7-21(18-28)25(23-8-4-5-14-26-23)27-24(29)13-16-30-3/h4-5,8-12,14,19,21,25H,6-7,13,15-18H2,1-3H3,(H,27,29)/t21-,25-/m0/s1. The highest BCUT2D eigenvalue weighted by Gasteiger charge is 2.30. The maximum atomic E-state index is 12.5. The van der Waals surface area contributed by atoms with Crippen LogP contribution in [-0.2, 0) is 16.1 Å². The van der Waals surface area contributed by atoms with E-state index < -0.39 is 0 Å². The van der Waals surface area contributed by atoms with E-state index in [2.05, 4.69) is 27.3 Å². The summed E-state index contributed by atoms with van der Waals surface area (Å²) in [6.45, 7) is 7.38. The summed E-state index contributed by atoms with van der Waals surface area (Å²) in [5, 5.41) is 3.22. The molecule has 31 heavy (non-hydrogen) atoms. The second kappa shape index (κ2) is 11.8. The number of hydrogen-bond donors (Lipinski definition) is 1. The highest BCUT2D eigenvalue weighted by Crippen LogP contribution is 2.30. The lowest BCUT2D eigenvalue weighted by molar-refractivity contribution is -0.123. The average Bonchev–Trinajstić information content (AvgIpc) is 2.78. The van der Waals surface area contributed by atoms with Gasteiger partial charge in [-0.25, -0.2) is 0 Å². The molecule has 1 amide bonds. The van der Waals surface area contributed by atoms with Crippen molar-refractivity contribution in [2.45, 2.75) is 51.8 Å². The fourth-order valence-corrected chi connectivity index (χ4v) is 4.14. The predicted octanol–water partition coefficient (Wildman–Crippen LogP) is 3.97. The molecule has 0 bridgehead atoms. The first kappa shape index (κ1) is 23.2. The number of methoxy groups -OCH3 is 1. The molecule has 1 aliphatic heterocycles. The van der Waals surface area contributed by atoms with Crippen molar-refractivity contribution in [1.82, 2.24) is 15.2 Å². The SMILES string of the molecule is COCCC(=O)N[C@H](c1ccccn1)[C@H]1CCCN(Cc2ccc(OC(C)C)cc2)C1.